The van der Waals surface area contributed by atoms with Gasteiger partial charge in [-0.3, -0.25) is 14.0 Å². The lowest BCUT2D eigenvalue weighted by Crippen LogP contribution is -2.22. The number of aryl methyl sites for hydroxylation is 1. The number of rotatable bonds is 5. The molecule has 0 aliphatic heterocycles. The quantitative estimate of drug-likeness (QED) is 0.388. The first-order valence-electron chi connectivity index (χ1n) is 9.93. The molecule has 0 aliphatic rings. The monoisotopic (exact) mass is 472 g/mol. The molecule has 0 spiro atoms. The van der Waals surface area contributed by atoms with Crippen LogP contribution in [0, 0.1) is 18.3 Å². The van der Waals surface area contributed by atoms with E-state index in [1.165, 1.54) is 27.7 Å². The van der Waals surface area contributed by atoms with E-state index in [1.807, 2.05) is 49.4 Å². The van der Waals surface area contributed by atoms with Crippen molar-refractivity contribution in [1.82, 2.24) is 19.2 Å². The topological polar surface area (TPSA) is 105 Å². The smallest absolute Gasteiger partial charge is 0.267 e. The predicted molar refractivity (Wildman–Crippen MR) is 129 cm³/mol. The summed E-state index contributed by atoms with van der Waals surface area (Å²) in [5.41, 5.74) is 2.67. The summed E-state index contributed by atoms with van der Waals surface area (Å²) in [4.78, 5) is 25.8. The molecule has 0 atom stereocenters. The molecule has 0 unspecified atom stereocenters. The second-order valence-corrected chi connectivity index (χ2v) is 9.08. The Hall–Kier alpha value is -3.94. The van der Waals surface area contributed by atoms with Crippen molar-refractivity contribution < 1.29 is 4.79 Å². The summed E-state index contributed by atoms with van der Waals surface area (Å²) in [5, 5.41) is 23.7. The second-order valence-electron chi connectivity index (χ2n) is 7.22. The van der Waals surface area contributed by atoms with Gasteiger partial charge >= 0.3 is 0 Å². The van der Waals surface area contributed by atoms with E-state index in [-0.39, 0.29) is 17.2 Å². The zero-order valence-corrected chi connectivity index (χ0v) is 19.0. The van der Waals surface area contributed by atoms with Gasteiger partial charge in [-0.05, 0) is 42.6 Å². The summed E-state index contributed by atoms with van der Waals surface area (Å²) in [6, 6.07) is 18.6. The third-order valence-corrected chi connectivity index (χ3v) is 6.82. The van der Waals surface area contributed by atoms with E-state index in [0.29, 0.717) is 38.1 Å². The number of para-hydroxylation sites is 1. The Morgan fingerprint density at radius 3 is 2.73 bits per heavy atom. The van der Waals surface area contributed by atoms with Gasteiger partial charge in [-0.1, -0.05) is 41.6 Å². The summed E-state index contributed by atoms with van der Waals surface area (Å²) in [6.45, 7) is 1.98. The van der Waals surface area contributed by atoms with Crippen molar-refractivity contribution in [3.8, 4) is 11.8 Å². The molecule has 8 nitrogen and oxygen atoms in total. The third-order valence-electron chi connectivity index (χ3n) is 5.06. The van der Waals surface area contributed by atoms with Crippen molar-refractivity contribution in [3.63, 3.8) is 0 Å². The highest BCUT2D eigenvalue weighted by atomic mass is 32.2. The molecule has 33 heavy (non-hydrogen) atoms. The van der Waals surface area contributed by atoms with Crippen molar-refractivity contribution in [1.29, 1.82) is 5.26 Å². The Balaban J connectivity index is 1.56. The standard InChI is InChI=1S/C23H16N6O2S2/c1-14-6-8-16(9-7-14)28-21(31)17-4-2-3-5-18(17)29-22(28)26-27-23(29)33-13-19(30)25-20-15(12-24)10-11-32-20/h2-11H,13H2,1H3,(H,25,30). The molecular formula is C23H16N6O2S2. The molecule has 162 valence electrons. The summed E-state index contributed by atoms with van der Waals surface area (Å²) in [5.74, 6) is 0.184. The molecule has 3 aromatic heterocycles. The van der Waals surface area contributed by atoms with Gasteiger partial charge in [-0.2, -0.15) is 5.26 Å². The van der Waals surface area contributed by atoms with E-state index in [2.05, 4.69) is 21.6 Å². The first kappa shape index (κ1) is 20.9. The van der Waals surface area contributed by atoms with E-state index >= 15 is 0 Å². The maximum absolute atomic E-state index is 13.3. The first-order valence-corrected chi connectivity index (χ1v) is 11.8. The summed E-state index contributed by atoms with van der Waals surface area (Å²) in [7, 11) is 0. The average Bonchev–Trinajstić information content (AvgIpc) is 3.46. The van der Waals surface area contributed by atoms with Crippen molar-refractivity contribution in [2.24, 2.45) is 0 Å². The average molecular weight is 473 g/mol. The highest BCUT2D eigenvalue weighted by Crippen LogP contribution is 2.25. The number of nitrogens with one attached hydrogen (secondary N) is 1. The molecule has 0 radical (unpaired) electrons. The van der Waals surface area contributed by atoms with Gasteiger partial charge < -0.3 is 5.32 Å². The summed E-state index contributed by atoms with van der Waals surface area (Å²) < 4.78 is 3.32. The Labute approximate surface area is 196 Å². The molecular weight excluding hydrogens is 456 g/mol. The van der Waals surface area contributed by atoms with Gasteiger partial charge in [-0.15, -0.1) is 21.5 Å². The molecule has 0 aliphatic carbocycles. The number of anilines is 1. The highest BCUT2D eigenvalue weighted by molar-refractivity contribution is 7.99. The van der Waals surface area contributed by atoms with Crippen LogP contribution in [0.4, 0.5) is 5.00 Å². The number of carbonyl (C=O) groups excluding carboxylic acids is 1. The molecule has 5 aromatic rings. The van der Waals surface area contributed by atoms with E-state index in [0.717, 1.165) is 5.56 Å². The molecule has 2 aromatic carbocycles. The van der Waals surface area contributed by atoms with Gasteiger partial charge in [0.1, 0.15) is 11.1 Å². The number of nitriles is 1. The Kier molecular flexibility index (Phi) is 5.42. The fraction of sp³-hybridized carbons (Fsp3) is 0.0870. The van der Waals surface area contributed by atoms with Crippen LogP contribution < -0.4 is 10.9 Å². The van der Waals surface area contributed by atoms with Crippen LogP contribution in [0.15, 0.2) is 69.9 Å². The van der Waals surface area contributed by atoms with Crippen LogP contribution >= 0.6 is 23.1 Å². The molecule has 5 rings (SSSR count). The largest absolute Gasteiger partial charge is 0.316 e. The van der Waals surface area contributed by atoms with Crippen LogP contribution in [0.5, 0.6) is 0 Å². The lowest BCUT2D eigenvalue weighted by atomic mass is 10.2. The second kappa shape index (κ2) is 8.54. The fourth-order valence-corrected chi connectivity index (χ4v) is 4.98. The van der Waals surface area contributed by atoms with Crippen LogP contribution in [0.3, 0.4) is 0 Å². The van der Waals surface area contributed by atoms with Gasteiger partial charge in [0.25, 0.3) is 5.56 Å². The van der Waals surface area contributed by atoms with Gasteiger partial charge in [0.05, 0.1) is 27.9 Å². The van der Waals surface area contributed by atoms with E-state index < -0.39 is 0 Å². The number of nitrogens with zero attached hydrogens (tertiary/aromatic N) is 5. The van der Waals surface area contributed by atoms with Crippen LogP contribution in [0.25, 0.3) is 22.4 Å². The number of fused-ring (bicyclic) bond motifs is 3. The maximum atomic E-state index is 13.3. The number of hydrogen-bond donors (Lipinski definition) is 1. The zero-order chi connectivity index (χ0) is 22.9. The van der Waals surface area contributed by atoms with Crippen LogP contribution in [-0.4, -0.2) is 30.8 Å². The molecule has 10 heteroatoms. The van der Waals surface area contributed by atoms with Gasteiger partial charge in [0, 0.05) is 0 Å². The fourth-order valence-electron chi connectivity index (χ4n) is 3.49. The molecule has 1 N–H and O–H groups in total. The minimum atomic E-state index is -0.258. The zero-order valence-electron chi connectivity index (χ0n) is 17.3. The number of amides is 1. The number of hydrogen-bond acceptors (Lipinski definition) is 7. The van der Waals surface area contributed by atoms with Crippen molar-refractivity contribution in [3.05, 3.63) is 81.5 Å². The number of thioether (sulfide) groups is 1. The van der Waals surface area contributed by atoms with Gasteiger partial charge in [-0.25, -0.2) is 4.57 Å². The molecule has 0 saturated carbocycles. The van der Waals surface area contributed by atoms with E-state index in [9.17, 15) is 9.59 Å². The molecule has 3 heterocycles. The van der Waals surface area contributed by atoms with Crippen molar-refractivity contribution in [2.45, 2.75) is 12.1 Å². The number of carbonyl (C=O) groups is 1. The molecule has 1 amide bonds. The summed E-state index contributed by atoms with van der Waals surface area (Å²) >= 11 is 2.51. The number of benzene rings is 2. The highest BCUT2D eigenvalue weighted by Gasteiger charge is 2.19. The Bertz CT molecular complexity index is 1610. The summed E-state index contributed by atoms with van der Waals surface area (Å²) in [6.07, 6.45) is 0. The van der Waals surface area contributed by atoms with Crippen LogP contribution in [0.1, 0.15) is 11.1 Å². The normalized spacial score (nSPS) is 11.0. The minimum Gasteiger partial charge on any atom is -0.316 e. The first-order chi connectivity index (χ1) is 16.1. The lowest BCUT2D eigenvalue weighted by molar-refractivity contribution is -0.113. The minimum absolute atomic E-state index is 0.0710. The van der Waals surface area contributed by atoms with Crippen LogP contribution in [-0.2, 0) is 4.79 Å². The molecule has 0 fully saturated rings. The Morgan fingerprint density at radius 1 is 1.15 bits per heavy atom. The number of aromatic nitrogens is 4. The predicted octanol–water partition coefficient (Wildman–Crippen LogP) is 4.01. The van der Waals surface area contributed by atoms with E-state index in [1.54, 1.807) is 21.9 Å². The van der Waals surface area contributed by atoms with E-state index in [4.69, 9.17) is 5.26 Å². The maximum Gasteiger partial charge on any atom is 0.267 e. The van der Waals surface area contributed by atoms with Crippen molar-refractivity contribution >= 4 is 50.7 Å². The van der Waals surface area contributed by atoms with Crippen molar-refractivity contribution in [2.75, 3.05) is 11.1 Å². The lowest BCUT2D eigenvalue weighted by Gasteiger charge is -2.11. The molecule has 0 bridgehead atoms. The van der Waals surface area contributed by atoms with Gasteiger partial charge in [0.2, 0.25) is 11.7 Å². The SMILES string of the molecule is Cc1ccc(-n2c(=O)c3ccccc3n3c(SCC(=O)Nc4sccc4C#N)nnc23)cc1. The number of thiophene rings is 1. The third kappa shape index (κ3) is 3.77. The van der Waals surface area contributed by atoms with Crippen LogP contribution in [0.2, 0.25) is 0 Å². The Morgan fingerprint density at radius 2 is 1.94 bits per heavy atom. The molecule has 0 saturated heterocycles. The van der Waals surface area contributed by atoms with Gasteiger partial charge in [0.15, 0.2) is 5.16 Å².